The molecule has 1 saturated heterocycles. The maximum absolute atomic E-state index is 12.8. The normalized spacial score (nSPS) is 15.4. The number of thioether (sulfide) groups is 1. The smallest absolute Gasteiger partial charge is 0.293 e. The van der Waals surface area contributed by atoms with E-state index in [9.17, 15) is 9.59 Å². The van der Waals surface area contributed by atoms with E-state index in [1.165, 1.54) is 4.90 Å². The average molecular weight is 509 g/mol. The molecule has 2 amide bonds. The molecule has 1 aliphatic rings. The molecule has 1 heterocycles. The van der Waals surface area contributed by atoms with Gasteiger partial charge in [0.1, 0.15) is 0 Å². The van der Waals surface area contributed by atoms with Gasteiger partial charge >= 0.3 is 0 Å². The number of amides is 2. The fraction of sp³-hybridized carbons (Fsp3) is 0.238. The summed E-state index contributed by atoms with van der Waals surface area (Å²) in [6, 6.07) is 11.5. The molecule has 1 fully saturated rings. The van der Waals surface area contributed by atoms with Gasteiger partial charge < -0.3 is 9.47 Å². The topological polar surface area (TPSA) is 55.8 Å². The zero-order chi connectivity index (χ0) is 20.3. The van der Waals surface area contributed by atoms with Crippen molar-refractivity contribution in [2.24, 2.45) is 0 Å². The average Bonchev–Trinajstić information content (AvgIpc) is 2.92. The number of benzene rings is 2. The lowest BCUT2D eigenvalue weighted by atomic mass is 10.1. The van der Waals surface area contributed by atoms with Crippen LogP contribution in [0.5, 0.6) is 11.5 Å². The van der Waals surface area contributed by atoms with Crippen LogP contribution in [-0.2, 0) is 11.3 Å². The Bertz CT molecular complexity index is 940. The number of methoxy groups -OCH3 is 1. The summed E-state index contributed by atoms with van der Waals surface area (Å²) in [6.45, 7) is 4.71. The van der Waals surface area contributed by atoms with Crippen molar-refractivity contribution < 1.29 is 19.1 Å². The number of ether oxygens (including phenoxy) is 2. The molecular formula is C21H20INO4S. The quantitative estimate of drug-likeness (QED) is 0.394. The molecule has 146 valence electrons. The van der Waals surface area contributed by atoms with Gasteiger partial charge in [0.05, 0.1) is 28.7 Å². The molecule has 0 bridgehead atoms. The molecule has 2 aromatic carbocycles. The Kier molecular flexibility index (Phi) is 6.66. The van der Waals surface area contributed by atoms with Crippen LogP contribution in [0.15, 0.2) is 41.3 Å². The molecule has 0 radical (unpaired) electrons. The zero-order valence-corrected chi connectivity index (χ0v) is 18.8. The molecule has 0 aliphatic carbocycles. The minimum absolute atomic E-state index is 0.260. The molecule has 7 heteroatoms. The molecule has 28 heavy (non-hydrogen) atoms. The second-order valence-electron chi connectivity index (χ2n) is 6.22. The number of carbonyl (C=O) groups is 2. The highest BCUT2D eigenvalue weighted by Gasteiger charge is 2.35. The first kappa shape index (κ1) is 20.7. The van der Waals surface area contributed by atoms with Crippen molar-refractivity contribution in [2.75, 3.05) is 13.7 Å². The second kappa shape index (κ2) is 9.00. The molecule has 0 saturated carbocycles. The van der Waals surface area contributed by atoms with Crippen LogP contribution in [0.2, 0.25) is 0 Å². The van der Waals surface area contributed by atoms with Gasteiger partial charge in [-0.25, -0.2) is 0 Å². The van der Waals surface area contributed by atoms with E-state index in [0.29, 0.717) is 23.0 Å². The number of nitrogens with zero attached hydrogens (tertiary/aromatic N) is 1. The van der Waals surface area contributed by atoms with E-state index in [-0.39, 0.29) is 17.7 Å². The molecule has 0 spiro atoms. The van der Waals surface area contributed by atoms with Crippen molar-refractivity contribution in [3.05, 3.63) is 61.6 Å². The fourth-order valence-electron chi connectivity index (χ4n) is 2.77. The molecule has 2 aromatic rings. The lowest BCUT2D eigenvalue weighted by molar-refractivity contribution is -0.123. The predicted molar refractivity (Wildman–Crippen MR) is 120 cm³/mol. The third kappa shape index (κ3) is 4.52. The van der Waals surface area contributed by atoms with Gasteiger partial charge in [0.15, 0.2) is 11.5 Å². The van der Waals surface area contributed by atoms with Crippen LogP contribution >= 0.6 is 34.4 Å². The van der Waals surface area contributed by atoms with E-state index in [4.69, 9.17) is 9.47 Å². The first-order valence-electron chi connectivity index (χ1n) is 8.74. The predicted octanol–water partition coefficient (Wildman–Crippen LogP) is 5.24. The van der Waals surface area contributed by atoms with Crippen molar-refractivity contribution in [2.45, 2.75) is 20.4 Å². The summed E-state index contributed by atoms with van der Waals surface area (Å²) in [5, 5.41) is -0.260. The van der Waals surface area contributed by atoms with Crippen molar-refractivity contribution in [3.8, 4) is 11.5 Å². The van der Waals surface area contributed by atoms with Gasteiger partial charge in [-0.2, -0.15) is 0 Å². The third-order valence-corrected chi connectivity index (χ3v) is 5.88. The second-order valence-corrected chi connectivity index (χ2v) is 8.38. The van der Waals surface area contributed by atoms with Gasteiger partial charge in [0.25, 0.3) is 11.1 Å². The highest BCUT2D eigenvalue weighted by Crippen LogP contribution is 2.37. The molecule has 0 aromatic heterocycles. The number of aryl methyl sites for hydroxylation is 1. The van der Waals surface area contributed by atoms with Crippen molar-refractivity contribution >= 4 is 51.6 Å². The van der Waals surface area contributed by atoms with Crippen LogP contribution in [0.25, 0.3) is 6.08 Å². The van der Waals surface area contributed by atoms with Crippen molar-refractivity contribution in [1.29, 1.82) is 0 Å². The number of hydrogen-bond acceptors (Lipinski definition) is 5. The van der Waals surface area contributed by atoms with Crippen LogP contribution in [0.1, 0.15) is 23.6 Å². The molecule has 0 N–H and O–H groups in total. The Morgan fingerprint density at radius 3 is 2.54 bits per heavy atom. The van der Waals surface area contributed by atoms with E-state index in [1.54, 1.807) is 19.3 Å². The van der Waals surface area contributed by atoms with E-state index >= 15 is 0 Å². The van der Waals surface area contributed by atoms with Gasteiger partial charge in [-0.1, -0.05) is 29.8 Å². The Morgan fingerprint density at radius 2 is 1.89 bits per heavy atom. The Hall–Kier alpha value is -2.00. The number of rotatable bonds is 6. The van der Waals surface area contributed by atoms with Gasteiger partial charge in [-0.15, -0.1) is 0 Å². The lowest BCUT2D eigenvalue weighted by Gasteiger charge is -2.13. The Labute approximate surface area is 182 Å². The zero-order valence-electron chi connectivity index (χ0n) is 15.8. The summed E-state index contributed by atoms with van der Waals surface area (Å²) < 4.78 is 11.9. The summed E-state index contributed by atoms with van der Waals surface area (Å²) in [4.78, 5) is 26.8. The summed E-state index contributed by atoms with van der Waals surface area (Å²) in [7, 11) is 1.58. The fourth-order valence-corrected chi connectivity index (χ4v) is 4.39. The van der Waals surface area contributed by atoms with Crippen LogP contribution < -0.4 is 9.47 Å². The van der Waals surface area contributed by atoms with Crippen LogP contribution in [0, 0.1) is 10.5 Å². The number of imide groups is 1. The minimum atomic E-state index is -0.279. The minimum Gasteiger partial charge on any atom is -0.493 e. The molecule has 0 unspecified atom stereocenters. The Balaban J connectivity index is 1.85. The number of carbonyl (C=O) groups excluding carboxylic acids is 2. The number of hydrogen-bond donors (Lipinski definition) is 0. The molecule has 3 rings (SSSR count). The molecule has 5 nitrogen and oxygen atoms in total. The summed E-state index contributed by atoms with van der Waals surface area (Å²) in [5.41, 5.74) is 2.84. The maximum Gasteiger partial charge on any atom is 0.293 e. The van der Waals surface area contributed by atoms with Crippen LogP contribution in [-0.4, -0.2) is 29.8 Å². The first-order valence-corrected chi connectivity index (χ1v) is 10.6. The van der Waals surface area contributed by atoms with E-state index in [0.717, 1.165) is 32.0 Å². The summed E-state index contributed by atoms with van der Waals surface area (Å²) >= 11 is 3.13. The standard InChI is InChI=1S/C21H20INO4S/c1-4-27-19-16(22)9-15(10-17(19)26-3)11-18-20(24)23(21(25)28-18)12-14-7-5-13(2)6-8-14/h5-11H,4,12H2,1-3H3/b18-11-. The summed E-state index contributed by atoms with van der Waals surface area (Å²) in [6.07, 6.45) is 1.72. The SMILES string of the molecule is CCOc1c(I)cc(/C=C2\SC(=O)N(Cc3ccc(C)cc3)C2=O)cc1OC. The summed E-state index contributed by atoms with van der Waals surface area (Å²) in [5.74, 6) is 0.993. The maximum atomic E-state index is 12.8. The van der Waals surface area contributed by atoms with Crippen molar-refractivity contribution in [1.82, 2.24) is 4.90 Å². The lowest BCUT2D eigenvalue weighted by Crippen LogP contribution is -2.27. The largest absolute Gasteiger partial charge is 0.493 e. The number of halogens is 1. The Morgan fingerprint density at radius 1 is 1.18 bits per heavy atom. The monoisotopic (exact) mass is 509 g/mol. The van der Waals surface area contributed by atoms with E-state index < -0.39 is 0 Å². The molecular weight excluding hydrogens is 489 g/mol. The van der Waals surface area contributed by atoms with Gasteiger partial charge in [0, 0.05) is 0 Å². The van der Waals surface area contributed by atoms with Gasteiger partial charge in [-0.3, -0.25) is 14.5 Å². The highest BCUT2D eigenvalue weighted by atomic mass is 127. The van der Waals surface area contributed by atoms with E-state index in [2.05, 4.69) is 22.6 Å². The van der Waals surface area contributed by atoms with Crippen LogP contribution in [0.4, 0.5) is 4.79 Å². The van der Waals surface area contributed by atoms with Crippen molar-refractivity contribution in [3.63, 3.8) is 0 Å². The van der Waals surface area contributed by atoms with Gasteiger partial charge in [0.2, 0.25) is 0 Å². The molecule has 1 aliphatic heterocycles. The van der Waals surface area contributed by atoms with Crippen LogP contribution in [0.3, 0.4) is 0 Å². The van der Waals surface area contributed by atoms with Gasteiger partial charge in [-0.05, 0) is 77.5 Å². The first-order chi connectivity index (χ1) is 13.4. The highest BCUT2D eigenvalue weighted by molar-refractivity contribution is 14.1. The van der Waals surface area contributed by atoms with E-state index in [1.807, 2.05) is 44.2 Å². The molecule has 0 atom stereocenters. The third-order valence-electron chi connectivity index (χ3n) is 4.17.